The molecule has 0 aromatic carbocycles. The van der Waals surface area contributed by atoms with Gasteiger partial charge in [0.1, 0.15) is 13.3 Å². The van der Waals surface area contributed by atoms with Crippen molar-refractivity contribution < 1.29 is 4.74 Å². The molecule has 0 amide bonds. The van der Waals surface area contributed by atoms with Crippen molar-refractivity contribution in [1.29, 1.82) is 5.26 Å². The number of hydrogen-bond donors (Lipinski definition) is 0. The lowest BCUT2D eigenvalue weighted by atomic mass is 9.94. The summed E-state index contributed by atoms with van der Waals surface area (Å²) in [5.41, 5.74) is 1.08. The molecule has 2 aliphatic rings. The van der Waals surface area contributed by atoms with Crippen molar-refractivity contribution in [2.45, 2.75) is 5.41 Å². The maximum atomic E-state index is 9.31. The fourth-order valence-corrected chi connectivity index (χ4v) is 2.61. The summed E-state index contributed by atoms with van der Waals surface area (Å²) in [4.78, 5) is 4.26. The maximum Gasteiger partial charge on any atom is 0.115 e. The standard InChI is InChI=1S/C11H9BN2O/c12-7-1-2-10(14-3-7)11(6-13)8-4-15-5-9(8)11/h1-3,8-9H,4-5H2/t8-,9?,11?/m1/s1. The Hall–Kier alpha value is -1.34. The van der Waals surface area contributed by atoms with Gasteiger partial charge < -0.3 is 4.74 Å². The van der Waals surface area contributed by atoms with Crippen LogP contribution >= 0.6 is 0 Å². The fourth-order valence-electron chi connectivity index (χ4n) is 2.61. The summed E-state index contributed by atoms with van der Waals surface area (Å²) >= 11 is 0. The van der Waals surface area contributed by atoms with Crippen LogP contribution in [0.2, 0.25) is 0 Å². The minimum absolute atomic E-state index is 0.332. The molecule has 0 bridgehead atoms. The molecule has 1 aliphatic carbocycles. The van der Waals surface area contributed by atoms with Gasteiger partial charge in [-0.15, -0.1) is 0 Å². The molecule has 2 fully saturated rings. The number of aromatic nitrogens is 1. The number of nitrogens with zero attached hydrogens (tertiary/aromatic N) is 2. The molecule has 0 N–H and O–H groups in total. The van der Waals surface area contributed by atoms with Gasteiger partial charge in [-0.05, 0) is 6.07 Å². The minimum atomic E-state index is -0.397. The van der Waals surface area contributed by atoms with Gasteiger partial charge in [0.2, 0.25) is 0 Å². The average molecular weight is 196 g/mol. The van der Waals surface area contributed by atoms with Crippen molar-refractivity contribution >= 4 is 13.3 Å². The highest BCUT2D eigenvalue weighted by atomic mass is 16.5. The maximum absolute atomic E-state index is 9.31. The third-order valence-corrected chi connectivity index (χ3v) is 3.54. The first-order valence-electron chi connectivity index (χ1n) is 5.00. The Bertz CT molecular complexity index is 427. The number of hydrogen-bond acceptors (Lipinski definition) is 3. The van der Waals surface area contributed by atoms with Gasteiger partial charge in [0, 0.05) is 18.0 Å². The van der Waals surface area contributed by atoms with Crippen LogP contribution in [-0.4, -0.2) is 26.0 Å². The Morgan fingerprint density at radius 3 is 2.73 bits per heavy atom. The van der Waals surface area contributed by atoms with Gasteiger partial charge in [0.25, 0.3) is 0 Å². The minimum Gasteiger partial charge on any atom is -0.381 e. The van der Waals surface area contributed by atoms with E-state index in [0.29, 0.717) is 30.5 Å². The molecule has 0 spiro atoms. The van der Waals surface area contributed by atoms with Gasteiger partial charge in [0.15, 0.2) is 0 Å². The highest BCUT2D eigenvalue weighted by molar-refractivity contribution is 6.32. The van der Waals surface area contributed by atoms with Crippen molar-refractivity contribution in [2.24, 2.45) is 11.8 Å². The second-order valence-electron chi connectivity index (χ2n) is 4.21. The molecule has 72 valence electrons. The smallest absolute Gasteiger partial charge is 0.115 e. The predicted molar refractivity (Wildman–Crippen MR) is 54.7 cm³/mol. The molecular weight excluding hydrogens is 187 g/mol. The molecule has 1 aromatic heterocycles. The molecular formula is C11H9BN2O. The SMILES string of the molecule is [B]c1ccc(C2(C#N)C3COC[C@H]32)nc1. The lowest BCUT2D eigenvalue weighted by Crippen LogP contribution is -2.19. The summed E-state index contributed by atoms with van der Waals surface area (Å²) in [6, 6.07) is 6.07. The van der Waals surface area contributed by atoms with E-state index in [0.717, 1.165) is 5.69 Å². The first-order valence-corrected chi connectivity index (χ1v) is 5.00. The first kappa shape index (κ1) is 8.93. The van der Waals surface area contributed by atoms with Gasteiger partial charge in [-0.1, -0.05) is 11.5 Å². The van der Waals surface area contributed by atoms with E-state index < -0.39 is 5.41 Å². The highest BCUT2D eigenvalue weighted by Crippen LogP contribution is 2.61. The van der Waals surface area contributed by atoms with Crippen LogP contribution in [0.15, 0.2) is 18.3 Å². The molecule has 2 heterocycles. The van der Waals surface area contributed by atoms with E-state index in [-0.39, 0.29) is 0 Å². The average Bonchev–Trinajstić information content (AvgIpc) is 2.65. The van der Waals surface area contributed by atoms with Crippen LogP contribution in [0.3, 0.4) is 0 Å². The molecule has 2 radical (unpaired) electrons. The zero-order valence-corrected chi connectivity index (χ0v) is 8.18. The fraction of sp³-hybridized carbons (Fsp3) is 0.455. The monoisotopic (exact) mass is 196 g/mol. The summed E-state index contributed by atoms with van der Waals surface area (Å²) in [5, 5.41) is 9.31. The Labute approximate surface area is 89.5 Å². The Kier molecular flexibility index (Phi) is 1.69. The third-order valence-electron chi connectivity index (χ3n) is 3.54. The van der Waals surface area contributed by atoms with Crippen LogP contribution in [0, 0.1) is 23.2 Å². The van der Waals surface area contributed by atoms with E-state index >= 15 is 0 Å². The molecule has 1 saturated carbocycles. The van der Waals surface area contributed by atoms with E-state index in [9.17, 15) is 5.26 Å². The van der Waals surface area contributed by atoms with E-state index in [4.69, 9.17) is 12.6 Å². The summed E-state index contributed by atoms with van der Waals surface area (Å²) in [6.07, 6.45) is 1.61. The molecule has 1 aliphatic heterocycles. The van der Waals surface area contributed by atoms with E-state index in [2.05, 4.69) is 11.1 Å². The van der Waals surface area contributed by atoms with Crippen LogP contribution in [0.25, 0.3) is 0 Å². The van der Waals surface area contributed by atoms with Crippen molar-refractivity contribution in [3.05, 3.63) is 24.0 Å². The molecule has 15 heavy (non-hydrogen) atoms. The van der Waals surface area contributed by atoms with Gasteiger partial charge in [-0.2, -0.15) is 5.26 Å². The normalized spacial score (nSPS) is 37.0. The second kappa shape index (κ2) is 2.83. The van der Waals surface area contributed by atoms with Gasteiger partial charge >= 0.3 is 0 Å². The molecule has 1 aromatic rings. The molecule has 4 heteroatoms. The van der Waals surface area contributed by atoms with Gasteiger partial charge in [-0.3, -0.25) is 4.98 Å². The number of fused-ring (bicyclic) bond motifs is 1. The predicted octanol–water partition coefficient (Wildman–Crippen LogP) is -0.0870. The molecule has 3 rings (SSSR count). The third kappa shape index (κ3) is 1.02. The van der Waals surface area contributed by atoms with Crippen LogP contribution < -0.4 is 5.46 Å². The lowest BCUT2D eigenvalue weighted by molar-refractivity contribution is 0.151. The van der Waals surface area contributed by atoms with Crippen molar-refractivity contribution in [1.82, 2.24) is 4.98 Å². The van der Waals surface area contributed by atoms with Gasteiger partial charge in [0.05, 0.1) is 25.0 Å². The quantitative estimate of drug-likeness (QED) is 0.589. The number of ether oxygens (including phenoxy) is 1. The number of pyridine rings is 1. The molecule has 3 atom stereocenters. The zero-order valence-electron chi connectivity index (χ0n) is 8.18. The summed E-state index contributed by atoms with van der Waals surface area (Å²) in [5.74, 6) is 0.664. The molecule has 3 nitrogen and oxygen atoms in total. The number of rotatable bonds is 1. The summed E-state index contributed by atoms with van der Waals surface area (Å²) in [7, 11) is 5.58. The topological polar surface area (TPSA) is 45.9 Å². The van der Waals surface area contributed by atoms with Crippen molar-refractivity contribution in [3.63, 3.8) is 0 Å². The van der Waals surface area contributed by atoms with E-state index in [1.165, 1.54) is 0 Å². The molecule has 1 saturated heterocycles. The summed E-state index contributed by atoms with van der Waals surface area (Å²) in [6.45, 7) is 1.37. The van der Waals surface area contributed by atoms with E-state index in [1.54, 1.807) is 12.3 Å². The largest absolute Gasteiger partial charge is 0.381 e. The van der Waals surface area contributed by atoms with E-state index in [1.807, 2.05) is 6.07 Å². The van der Waals surface area contributed by atoms with Crippen LogP contribution in [-0.2, 0) is 10.2 Å². The second-order valence-corrected chi connectivity index (χ2v) is 4.21. The first-order chi connectivity index (χ1) is 7.29. The summed E-state index contributed by atoms with van der Waals surface area (Å²) < 4.78 is 5.31. The number of nitriles is 1. The lowest BCUT2D eigenvalue weighted by Gasteiger charge is -2.12. The van der Waals surface area contributed by atoms with Gasteiger partial charge in [-0.25, -0.2) is 0 Å². The van der Waals surface area contributed by atoms with Crippen LogP contribution in [0.5, 0.6) is 0 Å². The van der Waals surface area contributed by atoms with Crippen LogP contribution in [0.1, 0.15) is 5.69 Å². The Morgan fingerprint density at radius 2 is 2.20 bits per heavy atom. The zero-order chi connectivity index (χ0) is 10.5. The van der Waals surface area contributed by atoms with Crippen molar-refractivity contribution in [3.8, 4) is 6.07 Å². The Morgan fingerprint density at radius 1 is 1.47 bits per heavy atom. The van der Waals surface area contributed by atoms with Crippen molar-refractivity contribution in [2.75, 3.05) is 13.2 Å². The highest BCUT2D eigenvalue weighted by Gasteiger charge is 2.70. The Balaban J connectivity index is 2.00. The van der Waals surface area contributed by atoms with Crippen LogP contribution in [0.4, 0.5) is 0 Å². The molecule has 2 unspecified atom stereocenters.